The van der Waals surface area contributed by atoms with Crippen molar-refractivity contribution in [3.8, 4) is 0 Å². The summed E-state index contributed by atoms with van der Waals surface area (Å²) in [5.74, 6) is -2.37. The Morgan fingerprint density at radius 2 is 1.00 bits per heavy atom. The molecule has 0 aromatic rings. The topological polar surface area (TPSA) is 169 Å². The zero-order valence-electron chi connectivity index (χ0n) is 34.3. The molecular weight excluding hydrogens is 709 g/mol. The fourth-order valence-electron chi connectivity index (χ4n) is 6.14. The summed E-state index contributed by atoms with van der Waals surface area (Å²) in [5.41, 5.74) is 0. The van der Waals surface area contributed by atoms with Crippen LogP contribution >= 0.6 is 7.82 Å². The van der Waals surface area contributed by atoms with Gasteiger partial charge < -0.3 is 25.2 Å². The third kappa shape index (κ3) is 37.2. The number of esters is 1. The number of ether oxygens (including phenoxy) is 1. The number of unbranched alkanes of at least 4 members (excludes halogenated alkanes) is 25. The summed E-state index contributed by atoms with van der Waals surface area (Å²) >= 11 is 0. The number of carbonyl (C=O) groups excluding carboxylic acids is 2. The Balaban J connectivity index is 3.85. The molecule has 318 valence electrons. The Labute approximate surface area is 328 Å². The molecule has 0 rings (SSSR count). The number of aliphatic hydroxyl groups is 1. The number of aliphatic carboxylic acids is 1. The van der Waals surface area contributed by atoms with E-state index in [1.54, 1.807) is 0 Å². The van der Waals surface area contributed by atoms with Gasteiger partial charge in [-0.2, -0.15) is 0 Å². The molecule has 0 saturated carbocycles. The van der Waals surface area contributed by atoms with E-state index < -0.39 is 57.6 Å². The number of carboxylic acid groups (broad SMARTS) is 1. The summed E-state index contributed by atoms with van der Waals surface area (Å²) in [5, 5.41) is 21.8. The molecule has 0 bridgehead atoms. The van der Waals surface area contributed by atoms with E-state index in [2.05, 4.69) is 31.3 Å². The zero-order valence-corrected chi connectivity index (χ0v) is 35.2. The molecule has 0 spiro atoms. The van der Waals surface area contributed by atoms with Gasteiger partial charge in [-0.25, -0.2) is 9.36 Å². The minimum atomic E-state index is -4.75. The first kappa shape index (κ1) is 52.2. The van der Waals surface area contributed by atoms with Gasteiger partial charge in [0.2, 0.25) is 5.91 Å². The van der Waals surface area contributed by atoms with E-state index >= 15 is 0 Å². The predicted molar refractivity (Wildman–Crippen MR) is 217 cm³/mol. The number of phosphoric acid groups is 1. The average Bonchev–Trinajstić information content (AvgIpc) is 3.14. The summed E-state index contributed by atoms with van der Waals surface area (Å²) in [6.07, 6.45) is 36.8. The molecule has 0 aliphatic rings. The first-order chi connectivity index (χ1) is 26.1. The molecule has 0 fully saturated rings. The van der Waals surface area contributed by atoms with Crippen molar-refractivity contribution in [2.45, 2.75) is 219 Å². The smallest absolute Gasteiger partial charge is 0.472 e. The van der Waals surface area contributed by atoms with Crippen LogP contribution in [-0.4, -0.2) is 64.9 Å². The van der Waals surface area contributed by atoms with Crippen molar-refractivity contribution in [2.24, 2.45) is 0 Å². The number of rotatable bonds is 41. The Bertz CT molecular complexity index is 979. The summed E-state index contributed by atoms with van der Waals surface area (Å²) in [6, 6.07) is -1.54. The van der Waals surface area contributed by atoms with Gasteiger partial charge in [0.25, 0.3) is 0 Å². The molecule has 3 unspecified atom stereocenters. The maximum atomic E-state index is 12.3. The summed E-state index contributed by atoms with van der Waals surface area (Å²) in [4.78, 5) is 45.8. The van der Waals surface area contributed by atoms with Gasteiger partial charge in [0, 0.05) is 12.8 Å². The molecule has 11 nitrogen and oxygen atoms in total. The van der Waals surface area contributed by atoms with Crippen molar-refractivity contribution in [1.29, 1.82) is 0 Å². The van der Waals surface area contributed by atoms with Crippen molar-refractivity contribution >= 4 is 25.7 Å². The fourth-order valence-corrected chi connectivity index (χ4v) is 6.91. The van der Waals surface area contributed by atoms with Crippen LogP contribution in [-0.2, 0) is 32.7 Å². The van der Waals surface area contributed by atoms with Crippen LogP contribution in [0.1, 0.15) is 206 Å². The molecule has 12 heteroatoms. The standard InChI is InChI=1S/C42H80NO10P/c1-3-5-7-9-11-13-15-16-17-18-19-20-21-22-23-24-25-27-29-31-33-40(45)43-39(42(47)48)37-53-54(49,50)52-36-38(44)35-51-41(46)34-32-30-28-26-14-12-10-8-6-4-2/h8,10,38-39,44H,3-7,9,11-37H2,1-2H3,(H,43,45)(H,47,48)(H,49,50)/b10-8-. The van der Waals surface area contributed by atoms with Crippen molar-refractivity contribution in [2.75, 3.05) is 19.8 Å². The second-order valence-electron chi connectivity index (χ2n) is 14.9. The average molecular weight is 790 g/mol. The number of allylic oxidation sites excluding steroid dienone is 2. The van der Waals surface area contributed by atoms with E-state index in [1.807, 2.05) is 0 Å². The van der Waals surface area contributed by atoms with Gasteiger partial charge in [-0.15, -0.1) is 0 Å². The molecule has 0 heterocycles. The van der Waals surface area contributed by atoms with E-state index in [0.29, 0.717) is 12.8 Å². The van der Waals surface area contributed by atoms with Crippen LogP contribution in [0.25, 0.3) is 0 Å². The lowest BCUT2D eigenvalue weighted by Crippen LogP contribution is -2.43. The van der Waals surface area contributed by atoms with Crippen LogP contribution < -0.4 is 5.32 Å². The molecule has 0 aromatic heterocycles. The second-order valence-corrected chi connectivity index (χ2v) is 16.3. The molecule has 0 aliphatic heterocycles. The molecule has 4 N–H and O–H groups in total. The van der Waals surface area contributed by atoms with Crippen LogP contribution in [0.2, 0.25) is 0 Å². The van der Waals surface area contributed by atoms with Gasteiger partial charge in [0.1, 0.15) is 12.7 Å². The number of amides is 1. The Kier molecular flexibility index (Phi) is 36.9. The van der Waals surface area contributed by atoms with Gasteiger partial charge in [-0.3, -0.25) is 18.6 Å². The van der Waals surface area contributed by atoms with Crippen LogP contribution in [0.5, 0.6) is 0 Å². The first-order valence-electron chi connectivity index (χ1n) is 21.7. The lowest BCUT2D eigenvalue weighted by Gasteiger charge is -2.18. The molecule has 0 aliphatic carbocycles. The first-order valence-corrected chi connectivity index (χ1v) is 23.2. The molecule has 54 heavy (non-hydrogen) atoms. The number of hydrogen-bond donors (Lipinski definition) is 4. The third-order valence-corrected chi connectivity index (χ3v) is 10.5. The number of nitrogens with one attached hydrogen (secondary N) is 1. The number of carbonyl (C=O) groups is 3. The predicted octanol–water partition coefficient (Wildman–Crippen LogP) is 10.9. The summed E-state index contributed by atoms with van der Waals surface area (Å²) in [7, 11) is -4.75. The zero-order chi connectivity index (χ0) is 40.0. The summed E-state index contributed by atoms with van der Waals surface area (Å²) < 4.78 is 26.8. The fraction of sp³-hybridized carbons (Fsp3) is 0.881. The number of carboxylic acids is 1. The van der Waals surface area contributed by atoms with Crippen molar-refractivity contribution in [1.82, 2.24) is 5.32 Å². The largest absolute Gasteiger partial charge is 0.480 e. The Hall–Kier alpha value is -1.78. The van der Waals surface area contributed by atoms with E-state index in [0.717, 1.165) is 64.2 Å². The number of hydrogen-bond acceptors (Lipinski definition) is 8. The summed E-state index contributed by atoms with van der Waals surface area (Å²) in [6.45, 7) is 2.53. The van der Waals surface area contributed by atoms with Crippen molar-refractivity contribution < 1.29 is 47.8 Å². The highest BCUT2D eigenvalue weighted by Gasteiger charge is 2.28. The lowest BCUT2D eigenvalue weighted by molar-refractivity contribution is -0.147. The minimum absolute atomic E-state index is 0.151. The van der Waals surface area contributed by atoms with E-state index in [1.165, 1.54) is 103 Å². The molecule has 0 saturated heterocycles. The van der Waals surface area contributed by atoms with Gasteiger partial charge in [-0.1, -0.05) is 174 Å². The van der Waals surface area contributed by atoms with E-state index in [9.17, 15) is 34.1 Å². The normalized spacial score (nSPS) is 13.9. The molecule has 0 aromatic carbocycles. The monoisotopic (exact) mass is 790 g/mol. The number of phosphoric ester groups is 1. The highest BCUT2D eigenvalue weighted by Crippen LogP contribution is 2.43. The van der Waals surface area contributed by atoms with Crippen molar-refractivity contribution in [3.63, 3.8) is 0 Å². The number of aliphatic hydroxyl groups excluding tert-OH is 1. The highest BCUT2D eigenvalue weighted by molar-refractivity contribution is 7.47. The van der Waals surface area contributed by atoms with Gasteiger partial charge in [-0.05, 0) is 32.1 Å². The van der Waals surface area contributed by atoms with Gasteiger partial charge >= 0.3 is 19.8 Å². The van der Waals surface area contributed by atoms with Crippen LogP contribution in [0.3, 0.4) is 0 Å². The second kappa shape index (κ2) is 38.1. The highest BCUT2D eigenvalue weighted by atomic mass is 31.2. The maximum Gasteiger partial charge on any atom is 0.472 e. The van der Waals surface area contributed by atoms with Crippen LogP contribution in [0.4, 0.5) is 0 Å². The quantitative estimate of drug-likeness (QED) is 0.0202. The van der Waals surface area contributed by atoms with E-state index in [-0.39, 0.29) is 12.8 Å². The maximum absolute atomic E-state index is 12.3. The molecule has 3 atom stereocenters. The van der Waals surface area contributed by atoms with E-state index in [4.69, 9.17) is 13.8 Å². The molecule has 0 radical (unpaired) electrons. The Morgan fingerprint density at radius 1 is 0.574 bits per heavy atom. The third-order valence-electron chi connectivity index (χ3n) is 9.54. The Morgan fingerprint density at radius 3 is 1.48 bits per heavy atom. The van der Waals surface area contributed by atoms with Gasteiger partial charge in [0.05, 0.1) is 13.2 Å². The SMILES string of the molecule is CCC/C=C\CCCCCCCC(=O)OCC(O)COP(=O)(O)OCC(NC(=O)CCCCCCCCCCCCCCCCCCCCCC)C(=O)O. The molecule has 1 amide bonds. The van der Waals surface area contributed by atoms with Crippen LogP contribution in [0.15, 0.2) is 12.2 Å². The van der Waals surface area contributed by atoms with Gasteiger partial charge in [0.15, 0.2) is 6.04 Å². The van der Waals surface area contributed by atoms with Crippen molar-refractivity contribution in [3.05, 3.63) is 12.2 Å². The van der Waals surface area contributed by atoms with Crippen LogP contribution in [0, 0.1) is 0 Å². The minimum Gasteiger partial charge on any atom is -0.480 e. The molecular formula is C42H80NO10P. The lowest BCUT2D eigenvalue weighted by atomic mass is 10.0.